The number of anilines is 2. The maximum Gasteiger partial charge on any atom is 0.164 e. The van der Waals surface area contributed by atoms with Crippen molar-refractivity contribution in [3.8, 4) is 39.9 Å². The number of para-hydroxylation sites is 2. The van der Waals surface area contributed by atoms with Crippen molar-refractivity contribution in [1.82, 2.24) is 19.5 Å². The van der Waals surface area contributed by atoms with Gasteiger partial charge in [0.15, 0.2) is 17.5 Å². The maximum atomic E-state index is 5.11. The number of fused-ring (bicyclic) bond motifs is 7. The van der Waals surface area contributed by atoms with Crippen LogP contribution in [0.1, 0.15) is 16.8 Å². The quantitative estimate of drug-likeness (QED) is 0.176. The first kappa shape index (κ1) is 33.4. The Morgan fingerprint density at radius 2 is 1.02 bits per heavy atom. The highest BCUT2D eigenvalue weighted by Gasteiger charge is 2.27. The fourth-order valence-electron chi connectivity index (χ4n) is 8.52. The van der Waals surface area contributed by atoms with Gasteiger partial charge in [0.25, 0.3) is 0 Å². The Morgan fingerprint density at radius 3 is 1.74 bits per heavy atom. The van der Waals surface area contributed by atoms with E-state index >= 15 is 0 Å². The molecule has 11 rings (SSSR count). The molecular weight excluding hydrogens is 707 g/mol. The van der Waals surface area contributed by atoms with Crippen molar-refractivity contribution in [2.24, 2.45) is 0 Å². The first-order valence-corrected chi connectivity index (χ1v) is 19.5. The van der Waals surface area contributed by atoms with E-state index in [0.717, 1.165) is 72.4 Å². The Labute approximate surface area is 336 Å². The van der Waals surface area contributed by atoms with Gasteiger partial charge in [-0.15, -0.1) is 0 Å². The number of hydrogen-bond acceptors (Lipinski definition) is 4. The number of benzene rings is 8. The molecule has 0 saturated heterocycles. The van der Waals surface area contributed by atoms with Crippen LogP contribution >= 0.6 is 0 Å². The summed E-state index contributed by atoms with van der Waals surface area (Å²) < 4.78 is 2.38. The summed E-state index contributed by atoms with van der Waals surface area (Å²) in [7, 11) is 0. The van der Waals surface area contributed by atoms with Crippen molar-refractivity contribution in [2.75, 3.05) is 4.90 Å². The lowest BCUT2D eigenvalue weighted by Crippen LogP contribution is -2.14. The third kappa shape index (κ3) is 5.44. The predicted molar refractivity (Wildman–Crippen MR) is 240 cm³/mol. The normalized spacial score (nSPS) is 13.0. The summed E-state index contributed by atoms with van der Waals surface area (Å²) in [6.07, 6.45) is 4.50. The molecule has 2 aromatic heterocycles. The topological polar surface area (TPSA) is 46.8 Å². The molecule has 0 spiro atoms. The largest absolute Gasteiger partial charge is 0.316 e. The Bertz CT molecular complexity index is 3180. The van der Waals surface area contributed by atoms with Crippen LogP contribution in [0.3, 0.4) is 0 Å². The van der Waals surface area contributed by atoms with Gasteiger partial charge in [-0.2, -0.15) is 0 Å². The monoisotopic (exact) mass is 741 g/mol. The van der Waals surface area contributed by atoms with Crippen LogP contribution in [0.25, 0.3) is 83.9 Å². The van der Waals surface area contributed by atoms with Crippen LogP contribution in [0.4, 0.5) is 11.4 Å². The van der Waals surface area contributed by atoms with Crippen LogP contribution < -0.4 is 4.90 Å². The molecule has 0 atom stereocenters. The summed E-state index contributed by atoms with van der Waals surface area (Å²) in [5.74, 6) is 1.89. The van der Waals surface area contributed by atoms with E-state index in [0.29, 0.717) is 17.5 Å². The fourth-order valence-corrected chi connectivity index (χ4v) is 8.52. The van der Waals surface area contributed by atoms with Gasteiger partial charge in [0.05, 0.1) is 22.6 Å². The first-order valence-electron chi connectivity index (χ1n) is 19.5. The molecule has 8 aromatic carbocycles. The second-order valence-electron chi connectivity index (χ2n) is 14.5. The Kier molecular flexibility index (Phi) is 7.90. The van der Waals surface area contributed by atoms with E-state index in [-0.39, 0.29) is 0 Å². The Balaban J connectivity index is 1.14. The number of hydrogen-bond donors (Lipinski definition) is 0. The predicted octanol–water partition coefficient (Wildman–Crippen LogP) is 13.3. The molecule has 5 nitrogen and oxygen atoms in total. The lowest BCUT2D eigenvalue weighted by molar-refractivity contribution is 1.08. The summed E-state index contributed by atoms with van der Waals surface area (Å²) in [5, 5.41) is 5.73. The van der Waals surface area contributed by atoms with Crippen molar-refractivity contribution in [1.29, 1.82) is 0 Å². The van der Waals surface area contributed by atoms with E-state index in [1.807, 2.05) is 60.7 Å². The van der Waals surface area contributed by atoms with Crippen molar-refractivity contribution >= 4 is 55.5 Å². The smallest absolute Gasteiger partial charge is 0.164 e. The number of rotatable bonds is 5. The minimum absolute atomic E-state index is 0.623. The van der Waals surface area contributed by atoms with E-state index in [1.54, 1.807) is 0 Å². The van der Waals surface area contributed by atoms with Crippen LogP contribution in [0.5, 0.6) is 0 Å². The third-order valence-corrected chi connectivity index (χ3v) is 11.2. The molecule has 0 bridgehead atoms. The molecule has 1 aliphatic heterocycles. The van der Waals surface area contributed by atoms with Crippen LogP contribution in [-0.4, -0.2) is 19.5 Å². The summed E-state index contributed by atoms with van der Waals surface area (Å²) in [6, 6.07) is 65.5. The summed E-state index contributed by atoms with van der Waals surface area (Å²) in [5.41, 5.74) is 11.4. The molecule has 0 N–H and O–H groups in total. The SMILES string of the molecule is C=C1c2ccccc2N(c2ccc(-c3nc(-c4ccccc4)nc(-c4ccccc4)n3)c3ccccc23)/C=C\c2c1n(-c1ccccc1)c1ccc3ccccc3c21. The minimum atomic E-state index is 0.623. The Morgan fingerprint density at radius 1 is 0.431 bits per heavy atom. The number of aromatic nitrogens is 4. The van der Waals surface area contributed by atoms with E-state index in [9.17, 15) is 0 Å². The van der Waals surface area contributed by atoms with Crippen molar-refractivity contribution in [3.63, 3.8) is 0 Å². The van der Waals surface area contributed by atoms with Crippen molar-refractivity contribution < 1.29 is 0 Å². The summed E-state index contributed by atoms with van der Waals surface area (Å²) in [4.78, 5) is 17.5. The molecule has 58 heavy (non-hydrogen) atoms. The molecular formula is C53H35N5. The lowest BCUT2D eigenvalue weighted by Gasteiger charge is -2.28. The second-order valence-corrected chi connectivity index (χ2v) is 14.5. The van der Waals surface area contributed by atoms with Gasteiger partial charge < -0.3 is 9.47 Å². The van der Waals surface area contributed by atoms with Gasteiger partial charge in [-0.25, -0.2) is 15.0 Å². The van der Waals surface area contributed by atoms with Crippen molar-refractivity contribution in [2.45, 2.75) is 0 Å². The van der Waals surface area contributed by atoms with Gasteiger partial charge in [0.1, 0.15) is 0 Å². The van der Waals surface area contributed by atoms with Gasteiger partial charge in [0.2, 0.25) is 0 Å². The van der Waals surface area contributed by atoms with Crippen LogP contribution in [0.15, 0.2) is 201 Å². The van der Waals surface area contributed by atoms with E-state index in [4.69, 9.17) is 21.5 Å². The maximum absolute atomic E-state index is 5.11. The highest BCUT2D eigenvalue weighted by atomic mass is 15.1. The molecule has 272 valence electrons. The van der Waals surface area contributed by atoms with E-state index in [2.05, 4.69) is 149 Å². The van der Waals surface area contributed by atoms with Gasteiger partial charge in [-0.3, -0.25) is 0 Å². The van der Waals surface area contributed by atoms with Gasteiger partial charge in [-0.05, 0) is 58.6 Å². The van der Waals surface area contributed by atoms with Gasteiger partial charge in [0, 0.05) is 56.1 Å². The molecule has 3 heterocycles. The third-order valence-electron chi connectivity index (χ3n) is 11.2. The standard InChI is InChI=1S/C53H35N5/c1-35-40-24-15-16-28-46(40)57(34-33-45-49-41-25-12-11-17-36(41)29-31-48(49)58(50(35)45)39-22-9-4-10-23-39)47-32-30-44(42-26-13-14-27-43(42)47)53-55-51(37-18-5-2-6-19-37)54-52(56-53)38-20-7-3-8-21-38/h2-34H,1H2/b34-33-. The zero-order valence-electron chi connectivity index (χ0n) is 31.5. The molecule has 0 saturated carbocycles. The molecule has 0 radical (unpaired) electrons. The van der Waals surface area contributed by atoms with Gasteiger partial charge >= 0.3 is 0 Å². The first-order chi connectivity index (χ1) is 28.7. The molecule has 0 amide bonds. The van der Waals surface area contributed by atoms with E-state index in [1.165, 1.54) is 16.2 Å². The zero-order valence-corrected chi connectivity index (χ0v) is 31.5. The highest BCUT2D eigenvalue weighted by Crippen LogP contribution is 2.46. The lowest BCUT2D eigenvalue weighted by atomic mass is 9.94. The zero-order chi connectivity index (χ0) is 38.6. The second kappa shape index (κ2) is 13.7. The summed E-state index contributed by atoms with van der Waals surface area (Å²) >= 11 is 0. The molecule has 0 unspecified atom stereocenters. The van der Waals surface area contributed by atoms with Crippen LogP contribution in [0.2, 0.25) is 0 Å². The van der Waals surface area contributed by atoms with Crippen molar-refractivity contribution in [3.05, 3.63) is 218 Å². The number of nitrogens with zero attached hydrogens (tertiary/aromatic N) is 5. The summed E-state index contributed by atoms with van der Waals surface area (Å²) in [6.45, 7) is 4.87. The molecule has 10 aromatic rings. The highest BCUT2D eigenvalue weighted by molar-refractivity contribution is 6.15. The fraction of sp³-hybridized carbons (Fsp3) is 0. The minimum Gasteiger partial charge on any atom is -0.316 e. The molecule has 0 fully saturated rings. The molecule has 0 aliphatic carbocycles. The van der Waals surface area contributed by atoms with Crippen LogP contribution in [0, 0.1) is 0 Å². The van der Waals surface area contributed by atoms with E-state index < -0.39 is 0 Å². The average molecular weight is 742 g/mol. The molecule has 1 aliphatic rings. The molecule has 5 heteroatoms. The van der Waals surface area contributed by atoms with Crippen LogP contribution in [-0.2, 0) is 0 Å². The Hall–Kier alpha value is -7.89. The van der Waals surface area contributed by atoms with Gasteiger partial charge in [-0.1, -0.05) is 158 Å². The average Bonchev–Trinajstić information content (AvgIpc) is 3.63.